The molecule has 7 heteroatoms. The van der Waals surface area contributed by atoms with Gasteiger partial charge in [-0.2, -0.15) is 17.6 Å². The first-order valence-electron chi connectivity index (χ1n) is 5.12. The summed E-state index contributed by atoms with van der Waals surface area (Å²) in [5, 5.41) is 9.23. The molecule has 1 rings (SSSR count). The van der Waals surface area contributed by atoms with Crippen molar-refractivity contribution in [2.24, 2.45) is 5.73 Å². The molecule has 0 aromatic heterocycles. The van der Waals surface area contributed by atoms with Crippen molar-refractivity contribution in [3.63, 3.8) is 0 Å². The molecule has 0 aliphatic heterocycles. The number of rotatable bonds is 5. The zero-order valence-corrected chi connectivity index (χ0v) is 9.49. The van der Waals surface area contributed by atoms with E-state index in [1.807, 2.05) is 0 Å². The molecule has 18 heavy (non-hydrogen) atoms. The summed E-state index contributed by atoms with van der Waals surface area (Å²) in [7, 11) is 0. The van der Waals surface area contributed by atoms with Gasteiger partial charge in [0.1, 0.15) is 5.75 Å². The lowest BCUT2D eigenvalue weighted by Gasteiger charge is -2.18. The highest BCUT2D eigenvalue weighted by Gasteiger charge is 2.43. The average Bonchev–Trinajstić information content (AvgIpc) is 2.28. The Morgan fingerprint density at radius 1 is 1.22 bits per heavy atom. The lowest BCUT2D eigenvalue weighted by atomic mass is 10.0. The summed E-state index contributed by atoms with van der Waals surface area (Å²) in [5.74, 6) is -0.401. The Bertz CT molecular complexity index is 381. The van der Waals surface area contributed by atoms with Crippen molar-refractivity contribution >= 4 is 0 Å². The molecule has 0 aliphatic rings. The van der Waals surface area contributed by atoms with Crippen LogP contribution in [0.2, 0.25) is 0 Å². The molecule has 0 fully saturated rings. The summed E-state index contributed by atoms with van der Waals surface area (Å²) >= 11 is 0. The fraction of sp³-hybridized carbons (Fsp3) is 0.455. The van der Waals surface area contributed by atoms with Gasteiger partial charge in [0.2, 0.25) is 0 Å². The SMILES string of the molecule is C[C@@H](O)[C@@H](N)c1ccc(OC(F)(F)C(F)F)cc1. The molecule has 0 heterocycles. The van der Waals surface area contributed by atoms with Gasteiger partial charge in [0.15, 0.2) is 0 Å². The zero-order valence-electron chi connectivity index (χ0n) is 9.49. The number of hydrogen-bond donors (Lipinski definition) is 2. The van der Waals surface area contributed by atoms with Crippen LogP contribution in [0.15, 0.2) is 24.3 Å². The molecule has 3 N–H and O–H groups in total. The smallest absolute Gasteiger partial charge is 0.428 e. The highest BCUT2D eigenvalue weighted by atomic mass is 19.3. The lowest BCUT2D eigenvalue weighted by Crippen LogP contribution is -2.33. The minimum atomic E-state index is -4.53. The maximum atomic E-state index is 12.6. The number of ether oxygens (including phenoxy) is 1. The molecule has 0 radical (unpaired) electrons. The van der Waals surface area contributed by atoms with Crippen LogP contribution < -0.4 is 10.5 Å². The van der Waals surface area contributed by atoms with Gasteiger partial charge in [0.05, 0.1) is 12.1 Å². The summed E-state index contributed by atoms with van der Waals surface area (Å²) in [4.78, 5) is 0. The van der Waals surface area contributed by atoms with Crippen LogP contribution in [-0.2, 0) is 0 Å². The van der Waals surface area contributed by atoms with E-state index in [4.69, 9.17) is 5.73 Å². The molecule has 0 unspecified atom stereocenters. The minimum Gasteiger partial charge on any atom is -0.428 e. The van der Waals surface area contributed by atoms with Crippen LogP contribution in [0.5, 0.6) is 5.75 Å². The molecular formula is C11H13F4NO2. The van der Waals surface area contributed by atoms with Gasteiger partial charge in [-0.3, -0.25) is 0 Å². The second-order valence-electron chi connectivity index (χ2n) is 3.80. The Kier molecular flexibility index (Phi) is 4.53. The third-order valence-electron chi connectivity index (χ3n) is 2.29. The van der Waals surface area contributed by atoms with E-state index in [9.17, 15) is 22.7 Å². The molecule has 102 valence electrons. The van der Waals surface area contributed by atoms with Crippen molar-refractivity contribution in [1.29, 1.82) is 0 Å². The number of aliphatic hydroxyl groups excluding tert-OH is 1. The topological polar surface area (TPSA) is 55.5 Å². The van der Waals surface area contributed by atoms with Crippen LogP contribution in [0.4, 0.5) is 17.6 Å². The van der Waals surface area contributed by atoms with E-state index in [2.05, 4.69) is 4.74 Å². The van der Waals surface area contributed by atoms with Crippen LogP contribution in [0.25, 0.3) is 0 Å². The third-order valence-corrected chi connectivity index (χ3v) is 2.29. The monoisotopic (exact) mass is 267 g/mol. The standard InChI is InChI=1S/C11H13F4NO2/c1-6(17)9(16)7-2-4-8(5-3-7)18-11(14,15)10(12)13/h2-6,9-10,17H,16H2,1H3/t6-,9-/m1/s1. The van der Waals surface area contributed by atoms with Gasteiger partial charge in [0, 0.05) is 0 Å². The Labute approximate surface area is 101 Å². The van der Waals surface area contributed by atoms with E-state index < -0.39 is 30.4 Å². The van der Waals surface area contributed by atoms with Crippen LogP contribution in [0, 0.1) is 0 Å². The van der Waals surface area contributed by atoms with E-state index >= 15 is 0 Å². The summed E-state index contributed by atoms with van der Waals surface area (Å²) in [6, 6.07) is 4.15. The quantitative estimate of drug-likeness (QED) is 0.805. The number of hydrogen-bond acceptors (Lipinski definition) is 3. The van der Waals surface area contributed by atoms with E-state index in [-0.39, 0.29) is 0 Å². The fourth-order valence-corrected chi connectivity index (χ4v) is 1.24. The lowest BCUT2D eigenvalue weighted by molar-refractivity contribution is -0.253. The second kappa shape index (κ2) is 5.53. The Balaban J connectivity index is 2.78. The summed E-state index contributed by atoms with van der Waals surface area (Å²) in [6.07, 6.45) is -9.26. The van der Waals surface area contributed by atoms with Gasteiger partial charge in [-0.15, -0.1) is 0 Å². The first-order valence-corrected chi connectivity index (χ1v) is 5.12. The van der Waals surface area contributed by atoms with Gasteiger partial charge in [-0.25, -0.2) is 0 Å². The van der Waals surface area contributed by atoms with Crippen molar-refractivity contribution in [3.8, 4) is 5.75 Å². The van der Waals surface area contributed by atoms with Gasteiger partial charge in [-0.1, -0.05) is 12.1 Å². The van der Waals surface area contributed by atoms with Crippen LogP contribution in [-0.4, -0.2) is 23.7 Å². The molecule has 0 spiro atoms. The molecule has 1 aromatic rings. The molecular weight excluding hydrogens is 254 g/mol. The van der Waals surface area contributed by atoms with Crippen LogP contribution >= 0.6 is 0 Å². The van der Waals surface area contributed by atoms with Crippen molar-refractivity contribution in [2.45, 2.75) is 31.6 Å². The van der Waals surface area contributed by atoms with Gasteiger partial charge in [0.25, 0.3) is 0 Å². The van der Waals surface area contributed by atoms with Gasteiger partial charge < -0.3 is 15.6 Å². The molecule has 0 saturated carbocycles. The highest BCUT2D eigenvalue weighted by molar-refractivity contribution is 5.29. The predicted molar refractivity (Wildman–Crippen MR) is 56.6 cm³/mol. The Hall–Kier alpha value is -1.34. The normalized spacial score (nSPS) is 15.6. The summed E-state index contributed by atoms with van der Waals surface area (Å²) < 4.78 is 52.8. The second-order valence-corrected chi connectivity index (χ2v) is 3.80. The van der Waals surface area contributed by atoms with E-state index in [1.165, 1.54) is 19.1 Å². The van der Waals surface area contributed by atoms with Gasteiger partial charge >= 0.3 is 12.5 Å². The Morgan fingerprint density at radius 2 is 1.72 bits per heavy atom. The Morgan fingerprint density at radius 3 is 2.11 bits per heavy atom. The maximum absolute atomic E-state index is 12.6. The largest absolute Gasteiger partial charge is 0.461 e. The number of benzene rings is 1. The number of nitrogens with two attached hydrogens (primary N) is 1. The zero-order chi connectivity index (χ0) is 13.9. The summed E-state index contributed by atoms with van der Waals surface area (Å²) in [5.41, 5.74) is 6.09. The molecule has 0 saturated heterocycles. The van der Waals surface area contributed by atoms with Crippen molar-refractivity contribution in [2.75, 3.05) is 0 Å². The first-order chi connectivity index (χ1) is 8.24. The third kappa shape index (κ3) is 3.58. The predicted octanol–water partition coefficient (Wildman–Crippen LogP) is 2.30. The number of aliphatic hydroxyl groups is 1. The van der Waals surface area contributed by atoms with Crippen molar-refractivity contribution in [3.05, 3.63) is 29.8 Å². The molecule has 3 nitrogen and oxygen atoms in total. The fourth-order valence-electron chi connectivity index (χ4n) is 1.24. The molecule has 0 aliphatic carbocycles. The van der Waals surface area contributed by atoms with Crippen molar-refractivity contribution < 1.29 is 27.4 Å². The van der Waals surface area contributed by atoms with Crippen molar-refractivity contribution in [1.82, 2.24) is 0 Å². The van der Waals surface area contributed by atoms with E-state index in [1.54, 1.807) is 0 Å². The first kappa shape index (κ1) is 14.7. The number of halogens is 4. The average molecular weight is 267 g/mol. The van der Waals surface area contributed by atoms with Crippen LogP contribution in [0.1, 0.15) is 18.5 Å². The van der Waals surface area contributed by atoms with Crippen LogP contribution in [0.3, 0.4) is 0 Å². The van der Waals surface area contributed by atoms with Gasteiger partial charge in [-0.05, 0) is 24.6 Å². The minimum absolute atomic E-state index is 0.401. The molecule has 0 amide bonds. The number of alkyl halides is 4. The maximum Gasteiger partial charge on any atom is 0.461 e. The van der Waals surface area contributed by atoms with E-state index in [0.29, 0.717) is 5.56 Å². The summed E-state index contributed by atoms with van der Waals surface area (Å²) in [6.45, 7) is 1.47. The highest BCUT2D eigenvalue weighted by Crippen LogP contribution is 2.28. The molecule has 1 aromatic carbocycles. The van der Waals surface area contributed by atoms with E-state index in [0.717, 1.165) is 12.1 Å². The molecule has 2 atom stereocenters. The molecule has 0 bridgehead atoms.